The molecule has 0 amide bonds. The van der Waals surface area contributed by atoms with E-state index in [0.717, 1.165) is 0 Å². The number of fused-ring (bicyclic) bond motifs is 1. The van der Waals surface area contributed by atoms with E-state index in [4.69, 9.17) is 4.99 Å². The molecule has 0 unspecified atom stereocenters. The first-order valence-electron chi connectivity index (χ1n) is 5.52. The fraction of sp³-hybridized carbons (Fsp3) is 0.462. The van der Waals surface area contributed by atoms with Crippen molar-refractivity contribution in [2.75, 3.05) is 0 Å². The molecule has 1 aromatic rings. The van der Waals surface area contributed by atoms with Gasteiger partial charge in [0.05, 0.1) is 0 Å². The van der Waals surface area contributed by atoms with Gasteiger partial charge < -0.3 is 0 Å². The summed E-state index contributed by atoms with van der Waals surface area (Å²) in [4.78, 5) is 4.88. The van der Waals surface area contributed by atoms with Gasteiger partial charge in [0.15, 0.2) is 0 Å². The van der Waals surface area contributed by atoms with Gasteiger partial charge in [-0.15, -0.1) is 0 Å². The second-order valence-electron chi connectivity index (χ2n) is 5.85. The Hall–Kier alpha value is -0.567. The number of aliphatic imine (C=N–C) groups is 1. The molecule has 0 bridgehead atoms. The number of rotatable bonds is 0. The summed E-state index contributed by atoms with van der Waals surface area (Å²) in [5.74, 6) is 4.91. The molecule has 2 rings (SSSR count). The van der Waals surface area contributed by atoms with Crippen molar-refractivity contribution in [2.24, 2.45) is 10.4 Å². The van der Waals surface area contributed by atoms with Crippen LogP contribution in [-0.4, -0.2) is 17.8 Å². The van der Waals surface area contributed by atoms with Crippen molar-refractivity contribution in [2.45, 2.75) is 32.3 Å². The van der Waals surface area contributed by atoms with E-state index >= 15 is 0 Å². The topological polar surface area (TPSA) is 12.4 Å². The van der Waals surface area contributed by atoms with Crippen LogP contribution in [0.5, 0.6) is 0 Å². The molecular formula is C13H19GeN. The first-order valence-corrected chi connectivity index (χ1v) is 11.8. The molecule has 0 saturated carbocycles. The van der Waals surface area contributed by atoms with E-state index < -0.39 is 13.3 Å². The maximum atomic E-state index is 4.88. The van der Waals surface area contributed by atoms with Crippen LogP contribution in [-0.2, 0) is 0 Å². The predicted octanol–water partition coefficient (Wildman–Crippen LogP) is 3.27. The number of nitrogens with zero attached hydrogens (tertiary/aromatic N) is 1. The Labute approximate surface area is 95.0 Å². The molecule has 0 radical (unpaired) electrons. The number of hydrogen-bond acceptors (Lipinski definition) is 1. The minimum atomic E-state index is -2.02. The number of benzene rings is 1. The van der Waals surface area contributed by atoms with E-state index in [-0.39, 0.29) is 5.41 Å². The van der Waals surface area contributed by atoms with Crippen LogP contribution in [0.3, 0.4) is 0 Å². The zero-order valence-electron chi connectivity index (χ0n) is 10.3. The molecule has 1 nitrogen and oxygen atoms in total. The van der Waals surface area contributed by atoms with Crippen molar-refractivity contribution in [3.05, 3.63) is 24.3 Å². The third kappa shape index (κ3) is 1.67. The molecule has 1 aliphatic heterocycles. The maximum absolute atomic E-state index is 4.88. The zero-order chi connectivity index (χ0) is 11.3. The Morgan fingerprint density at radius 3 is 2.20 bits per heavy atom. The van der Waals surface area contributed by atoms with E-state index in [1.807, 2.05) is 0 Å². The van der Waals surface area contributed by atoms with Gasteiger partial charge in [-0.2, -0.15) is 0 Å². The second-order valence-corrected chi connectivity index (χ2v) is 14.8. The summed E-state index contributed by atoms with van der Waals surface area (Å²) in [6, 6.07) is 8.66. The van der Waals surface area contributed by atoms with Gasteiger partial charge in [-0.05, 0) is 0 Å². The fourth-order valence-electron chi connectivity index (χ4n) is 2.59. The van der Waals surface area contributed by atoms with Crippen LogP contribution in [0.1, 0.15) is 20.8 Å². The van der Waals surface area contributed by atoms with E-state index in [0.29, 0.717) is 0 Å². The predicted molar refractivity (Wildman–Crippen MR) is 70.1 cm³/mol. The molecule has 0 spiro atoms. The number of hydrogen-bond donors (Lipinski definition) is 0. The van der Waals surface area contributed by atoms with Gasteiger partial charge in [-0.25, -0.2) is 0 Å². The average molecular weight is 262 g/mol. The Balaban J connectivity index is 2.59. The van der Waals surface area contributed by atoms with Crippen molar-refractivity contribution in [1.82, 2.24) is 0 Å². The third-order valence-corrected chi connectivity index (χ3v) is 11.1. The summed E-state index contributed by atoms with van der Waals surface area (Å²) < 4.78 is 3.02. The molecule has 0 N–H and O–H groups in total. The molecule has 2 heteroatoms. The van der Waals surface area contributed by atoms with Gasteiger partial charge in [-0.1, -0.05) is 0 Å². The first-order chi connectivity index (χ1) is 6.83. The standard InChI is InChI=1S/C13H19GeN/c1-13(2,3)12-14(4,5)10-8-6-7-9-11(10)15-12/h6-9H,1-5H3. The van der Waals surface area contributed by atoms with Crippen LogP contribution in [0.4, 0.5) is 5.69 Å². The summed E-state index contributed by atoms with van der Waals surface area (Å²) in [5, 5.41) is 0. The molecule has 0 saturated heterocycles. The van der Waals surface area contributed by atoms with Crippen LogP contribution in [0.25, 0.3) is 0 Å². The van der Waals surface area contributed by atoms with Crippen LogP contribution in [0.2, 0.25) is 11.5 Å². The SMILES string of the molecule is CC(C)(C)[C]1=Nc2cccc[c]2[Ge]1([CH3])[CH3]. The van der Waals surface area contributed by atoms with Crippen LogP contribution >= 0.6 is 0 Å². The van der Waals surface area contributed by atoms with E-state index in [1.54, 1.807) is 4.40 Å². The van der Waals surface area contributed by atoms with Crippen molar-refractivity contribution < 1.29 is 0 Å². The fourth-order valence-corrected chi connectivity index (χ4v) is 10.6. The van der Waals surface area contributed by atoms with Gasteiger partial charge in [-0.3, -0.25) is 0 Å². The van der Waals surface area contributed by atoms with Crippen molar-refractivity contribution in [3.63, 3.8) is 0 Å². The Bertz CT molecular complexity index is 424. The molecule has 0 fully saturated rings. The minimum absolute atomic E-state index is 0.225. The summed E-state index contributed by atoms with van der Waals surface area (Å²) in [6.07, 6.45) is 0. The van der Waals surface area contributed by atoms with Crippen LogP contribution in [0.15, 0.2) is 29.3 Å². The molecule has 0 atom stereocenters. The van der Waals surface area contributed by atoms with Crippen molar-refractivity contribution >= 4 is 27.9 Å². The third-order valence-electron chi connectivity index (χ3n) is 3.11. The van der Waals surface area contributed by atoms with Crippen molar-refractivity contribution in [1.29, 1.82) is 0 Å². The van der Waals surface area contributed by atoms with Crippen molar-refractivity contribution in [3.8, 4) is 0 Å². The molecule has 15 heavy (non-hydrogen) atoms. The molecule has 0 aromatic heterocycles. The summed E-state index contributed by atoms with van der Waals surface area (Å²) in [7, 11) is 0. The van der Waals surface area contributed by atoms with E-state index in [1.165, 1.54) is 10.2 Å². The normalized spacial score (nSPS) is 18.6. The Kier molecular flexibility index (Phi) is 2.34. The van der Waals surface area contributed by atoms with Gasteiger partial charge in [0, 0.05) is 0 Å². The summed E-state index contributed by atoms with van der Waals surface area (Å²) >= 11 is -2.02. The molecule has 0 aliphatic carbocycles. The van der Waals surface area contributed by atoms with Gasteiger partial charge in [0.1, 0.15) is 0 Å². The summed E-state index contributed by atoms with van der Waals surface area (Å²) in [6.45, 7) is 6.85. The zero-order valence-corrected chi connectivity index (χ0v) is 12.4. The Morgan fingerprint density at radius 1 is 1.07 bits per heavy atom. The molecule has 1 aromatic carbocycles. The number of para-hydroxylation sites is 1. The van der Waals surface area contributed by atoms with Gasteiger partial charge in [0.25, 0.3) is 0 Å². The molecule has 1 heterocycles. The van der Waals surface area contributed by atoms with Gasteiger partial charge >= 0.3 is 94.9 Å². The molecule has 80 valence electrons. The van der Waals surface area contributed by atoms with E-state index in [2.05, 4.69) is 56.5 Å². The van der Waals surface area contributed by atoms with Crippen LogP contribution < -0.4 is 4.40 Å². The monoisotopic (exact) mass is 263 g/mol. The quantitative estimate of drug-likeness (QED) is 0.636. The molecule has 1 aliphatic rings. The first kappa shape index (κ1) is 10.9. The van der Waals surface area contributed by atoms with Gasteiger partial charge in [0.2, 0.25) is 0 Å². The average Bonchev–Trinajstić information content (AvgIpc) is 2.39. The van der Waals surface area contributed by atoms with E-state index in [9.17, 15) is 0 Å². The van der Waals surface area contributed by atoms with Crippen LogP contribution in [0, 0.1) is 5.41 Å². The molecular weight excluding hydrogens is 243 g/mol. The summed E-state index contributed by atoms with van der Waals surface area (Å²) in [5.41, 5.74) is 1.45. The second kappa shape index (κ2) is 3.21. The Morgan fingerprint density at radius 2 is 1.67 bits per heavy atom.